The molecule has 4 aromatic rings. The van der Waals surface area contributed by atoms with E-state index in [0.29, 0.717) is 50.1 Å². The molecule has 1 atom stereocenters. The van der Waals surface area contributed by atoms with Gasteiger partial charge in [0.1, 0.15) is 11.6 Å². The molecule has 1 heterocycles. The van der Waals surface area contributed by atoms with Crippen LogP contribution in [0.15, 0.2) is 95.9 Å². The molecule has 1 amide bonds. The van der Waals surface area contributed by atoms with Gasteiger partial charge in [0.25, 0.3) is 5.91 Å². The fourth-order valence-corrected chi connectivity index (χ4v) is 7.00. The van der Waals surface area contributed by atoms with Crippen LogP contribution in [0, 0.1) is 11.6 Å². The molecule has 0 aliphatic carbocycles. The molecule has 0 fully saturated rings. The highest BCUT2D eigenvalue weighted by atomic mass is 32.2. The molecule has 230 valence electrons. The van der Waals surface area contributed by atoms with Gasteiger partial charge < -0.3 is 10.6 Å². The fourth-order valence-electron chi connectivity index (χ4n) is 5.58. The van der Waals surface area contributed by atoms with E-state index in [4.69, 9.17) is 0 Å². The van der Waals surface area contributed by atoms with Crippen molar-refractivity contribution in [1.29, 1.82) is 0 Å². The SMILES string of the molecule is CCc1cccc(CNCC[C@H](Cc2cc(F)cc(F)c2)NC(=O)c2ccc(S(=O)(=O)N3CCc4ccccc4C3)cc2)c1. The average Bonchev–Trinajstić information content (AvgIpc) is 3.02. The zero-order valence-electron chi connectivity index (χ0n) is 24.7. The van der Waals surface area contributed by atoms with Crippen LogP contribution in [0.25, 0.3) is 0 Å². The van der Waals surface area contributed by atoms with Crippen LogP contribution in [0.4, 0.5) is 8.78 Å². The topological polar surface area (TPSA) is 78.5 Å². The van der Waals surface area contributed by atoms with E-state index in [2.05, 4.69) is 35.8 Å². The lowest BCUT2D eigenvalue weighted by Gasteiger charge is -2.28. The number of amides is 1. The van der Waals surface area contributed by atoms with Crippen LogP contribution in [-0.4, -0.2) is 37.8 Å². The summed E-state index contributed by atoms with van der Waals surface area (Å²) in [5, 5.41) is 6.38. The molecule has 2 N–H and O–H groups in total. The van der Waals surface area contributed by atoms with Crippen LogP contribution < -0.4 is 10.6 Å². The number of hydrogen-bond acceptors (Lipinski definition) is 4. The van der Waals surface area contributed by atoms with E-state index in [-0.39, 0.29) is 11.3 Å². The van der Waals surface area contributed by atoms with E-state index in [9.17, 15) is 22.0 Å². The van der Waals surface area contributed by atoms with Crippen molar-refractivity contribution in [3.63, 3.8) is 0 Å². The Bertz CT molecular complexity index is 1690. The van der Waals surface area contributed by atoms with E-state index >= 15 is 0 Å². The van der Waals surface area contributed by atoms with Crippen LogP contribution in [0.3, 0.4) is 0 Å². The van der Waals surface area contributed by atoms with E-state index < -0.39 is 33.6 Å². The summed E-state index contributed by atoms with van der Waals surface area (Å²) in [6.07, 6.45) is 2.34. The summed E-state index contributed by atoms with van der Waals surface area (Å²) in [7, 11) is -3.74. The molecule has 0 saturated heterocycles. The van der Waals surface area contributed by atoms with Gasteiger partial charge in [-0.25, -0.2) is 17.2 Å². The van der Waals surface area contributed by atoms with Crippen LogP contribution in [-0.2, 0) is 42.4 Å². The number of nitrogens with zero attached hydrogens (tertiary/aromatic N) is 1. The monoisotopic (exact) mass is 617 g/mol. The second-order valence-corrected chi connectivity index (χ2v) is 13.1. The average molecular weight is 618 g/mol. The van der Waals surface area contributed by atoms with Crippen molar-refractivity contribution < 1.29 is 22.0 Å². The number of sulfonamides is 1. The van der Waals surface area contributed by atoms with Crippen molar-refractivity contribution in [2.24, 2.45) is 0 Å². The Balaban J connectivity index is 1.24. The van der Waals surface area contributed by atoms with E-state index in [0.717, 1.165) is 29.2 Å². The predicted octanol–water partition coefficient (Wildman–Crippen LogP) is 5.80. The quantitative estimate of drug-likeness (QED) is 0.197. The lowest BCUT2D eigenvalue weighted by Crippen LogP contribution is -2.38. The van der Waals surface area contributed by atoms with Gasteiger partial charge in [-0.1, -0.05) is 55.5 Å². The molecule has 0 radical (unpaired) electrons. The second-order valence-electron chi connectivity index (χ2n) is 11.2. The van der Waals surface area contributed by atoms with Crippen LogP contribution in [0.5, 0.6) is 0 Å². The number of nitrogens with one attached hydrogen (secondary N) is 2. The summed E-state index contributed by atoms with van der Waals surface area (Å²) in [4.78, 5) is 13.4. The first kappa shape index (κ1) is 31.5. The molecular weight excluding hydrogens is 580 g/mol. The fraction of sp³-hybridized carbons (Fsp3) is 0.286. The zero-order valence-corrected chi connectivity index (χ0v) is 25.5. The molecule has 4 aromatic carbocycles. The van der Waals surface area contributed by atoms with Crippen molar-refractivity contribution in [2.45, 2.75) is 56.6 Å². The highest BCUT2D eigenvalue weighted by Crippen LogP contribution is 2.25. The molecule has 1 aliphatic rings. The van der Waals surface area contributed by atoms with Crippen molar-refractivity contribution in [3.8, 4) is 0 Å². The van der Waals surface area contributed by atoms with Crippen LogP contribution in [0.1, 0.15) is 51.5 Å². The summed E-state index contributed by atoms with van der Waals surface area (Å²) in [5.74, 6) is -1.74. The Morgan fingerprint density at radius 2 is 1.57 bits per heavy atom. The first-order valence-electron chi connectivity index (χ1n) is 14.9. The minimum Gasteiger partial charge on any atom is -0.349 e. The van der Waals surface area contributed by atoms with Gasteiger partial charge in [-0.3, -0.25) is 4.79 Å². The third kappa shape index (κ3) is 7.96. The van der Waals surface area contributed by atoms with Gasteiger partial charge in [0.15, 0.2) is 0 Å². The third-order valence-electron chi connectivity index (χ3n) is 7.99. The Labute approximate surface area is 258 Å². The first-order valence-corrected chi connectivity index (χ1v) is 16.4. The van der Waals surface area contributed by atoms with Crippen molar-refractivity contribution in [3.05, 3.63) is 136 Å². The normalized spacial score (nSPS) is 14.2. The van der Waals surface area contributed by atoms with Gasteiger partial charge >= 0.3 is 0 Å². The van der Waals surface area contributed by atoms with Crippen LogP contribution in [0.2, 0.25) is 0 Å². The minimum atomic E-state index is -3.74. The molecule has 0 bridgehead atoms. The van der Waals surface area contributed by atoms with E-state index in [1.165, 1.54) is 46.3 Å². The van der Waals surface area contributed by atoms with Gasteiger partial charge in [0, 0.05) is 37.3 Å². The maximum Gasteiger partial charge on any atom is 0.251 e. The predicted molar refractivity (Wildman–Crippen MR) is 168 cm³/mol. The molecule has 44 heavy (non-hydrogen) atoms. The number of halogens is 2. The second kappa shape index (κ2) is 14.2. The number of hydrogen-bond donors (Lipinski definition) is 2. The standard InChI is InChI=1S/C35H37F2N3O3S/c1-2-25-6-5-7-26(18-25)23-38-16-14-33(21-27-19-31(36)22-32(37)20-27)39-35(41)29-10-12-34(13-11-29)44(42,43)40-17-15-28-8-3-4-9-30(28)24-40/h3-13,18-20,22,33,38H,2,14-17,21,23-24H2,1H3,(H,39,41)/t33-/m1/s1. The summed E-state index contributed by atoms with van der Waals surface area (Å²) < 4.78 is 56.0. The van der Waals surface area contributed by atoms with Gasteiger partial charge in [0.05, 0.1) is 4.90 Å². The molecule has 0 saturated carbocycles. The van der Waals surface area contributed by atoms with Crippen molar-refractivity contribution in [2.75, 3.05) is 13.1 Å². The Hall–Kier alpha value is -3.92. The Morgan fingerprint density at radius 3 is 2.30 bits per heavy atom. The number of rotatable bonds is 12. The molecule has 6 nitrogen and oxygen atoms in total. The van der Waals surface area contributed by atoms with Gasteiger partial charge in [-0.2, -0.15) is 4.31 Å². The number of fused-ring (bicyclic) bond motifs is 1. The molecule has 9 heteroatoms. The molecule has 1 aliphatic heterocycles. The zero-order chi connectivity index (χ0) is 31.1. The maximum absolute atomic E-state index is 13.9. The Kier molecular flexibility index (Phi) is 10.2. The van der Waals surface area contributed by atoms with Crippen molar-refractivity contribution >= 4 is 15.9 Å². The van der Waals surface area contributed by atoms with E-state index in [1.807, 2.05) is 30.3 Å². The van der Waals surface area contributed by atoms with Gasteiger partial charge in [-0.05, 0) is 96.4 Å². The number of aryl methyl sites for hydroxylation is 1. The molecular formula is C35H37F2N3O3S. The lowest BCUT2D eigenvalue weighted by molar-refractivity contribution is 0.0934. The molecule has 5 rings (SSSR count). The molecule has 0 spiro atoms. The number of benzene rings is 4. The van der Waals surface area contributed by atoms with Gasteiger partial charge in [-0.15, -0.1) is 0 Å². The summed E-state index contributed by atoms with van der Waals surface area (Å²) >= 11 is 0. The number of carbonyl (C=O) groups is 1. The smallest absolute Gasteiger partial charge is 0.251 e. The summed E-state index contributed by atoms with van der Waals surface area (Å²) in [6.45, 7) is 4.02. The van der Waals surface area contributed by atoms with Crippen molar-refractivity contribution in [1.82, 2.24) is 14.9 Å². The highest BCUT2D eigenvalue weighted by Gasteiger charge is 2.28. The molecule has 0 unspecified atom stereocenters. The highest BCUT2D eigenvalue weighted by molar-refractivity contribution is 7.89. The minimum absolute atomic E-state index is 0.122. The van der Waals surface area contributed by atoms with E-state index in [1.54, 1.807) is 0 Å². The van der Waals surface area contributed by atoms with Gasteiger partial charge in [0.2, 0.25) is 10.0 Å². The summed E-state index contributed by atoms with van der Waals surface area (Å²) in [5.41, 5.74) is 5.29. The number of carbonyl (C=O) groups excluding carboxylic acids is 1. The summed E-state index contributed by atoms with van der Waals surface area (Å²) in [6, 6.07) is 25.0. The third-order valence-corrected chi connectivity index (χ3v) is 9.85. The largest absolute Gasteiger partial charge is 0.349 e. The molecule has 0 aromatic heterocycles. The maximum atomic E-state index is 13.9. The van der Waals surface area contributed by atoms with Crippen LogP contribution >= 0.6 is 0 Å². The lowest BCUT2D eigenvalue weighted by atomic mass is 10.0. The first-order chi connectivity index (χ1) is 21.2. The Morgan fingerprint density at radius 1 is 0.864 bits per heavy atom.